The molecule has 0 fully saturated rings. The van der Waals surface area contributed by atoms with E-state index in [-0.39, 0.29) is 5.96 Å². The van der Waals surface area contributed by atoms with Gasteiger partial charge in [-0.3, -0.25) is 20.3 Å². The molecule has 0 saturated heterocycles. The maximum absolute atomic E-state index is 11.3. The predicted octanol–water partition coefficient (Wildman–Crippen LogP) is 1.50. The van der Waals surface area contributed by atoms with E-state index in [1.54, 1.807) is 0 Å². The highest BCUT2D eigenvalue weighted by molar-refractivity contribution is 5.77. The van der Waals surface area contributed by atoms with Crippen molar-refractivity contribution in [3.05, 3.63) is 0 Å². The third-order valence-corrected chi connectivity index (χ3v) is 3.83. The van der Waals surface area contributed by atoms with Gasteiger partial charge in [-0.15, -0.1) is 0 Å². The summed E-state index contributed by atoms with van der Waals surface area (Å²) in [5, 5.41) is 31.0. The van der Waals surface area contributed by atoms with E-state index in [1.807, 2.05) is 0 Å². The van der Waals surface area contributed by atoms with Crippen molar-refractivity contribution >= 4 is 17.9 Å². The molecule has 0 aromatic carbocycles. The first kappa shape index (κ1) is 22.2. The quantitative estimate of drug-likeness (QED) is 0.150. The van der Waals surface area contributed by atoms with Crippen LogP contribution in [-0.2, 0) is 9.59 Å². The first-order valence-corrected chi connectivity index (χ1v) is 8.68. The lowest BCUT2D eigenvalue weighted by molar-refractivity contribution is -0.142. The van der Waals surface area contributed by atoms with Crippen LogP contribution in [0.3, 0.4) is 0 Å². The Morgan fingerprint density at radius 1 is 0.958 bits per heavy atom. The van der Waals surface area contributed by atoms with Gasteiger partial charge in [0.1, 0.15) is 12.1 Å². The van der Waals surface area contributed by atoms with E-state index in [1.165, 1.54) is 0 Å². The molecule has 0 aliphatic rings. The fourth-order valence-corrected chi connectivity index (χ4v) is 2.45. The third-order valence-electron chi connectivity index (χ3n) is 3.83. The highest BCUT2D eigenvalue weighted by Crippen LogP contribution is 2.10. The van der Waals surface area contributed by atoms with Crippen LogP contribution in [0.15, 0.2) is 0 Å². The highest BCUT2D eigenvalue weighted by Gasteiger charge is 2.25. The summed E-state index contributed by atoms with van der Waals surface area (Å²) < 4.78 is 0. The lowest BCUT2D eigenvalue weighted by Crippen LogP contribution is -2.47. The molecule has 0 aromatic heterocycles. The van der Waals surface area contributed by atoms with E-state index < -0.39 is 24.0 Å². The lowest BCUT2D eigenvalue weighted by atomic mass is 10.0. The van der Waals surface area contributed by atoms with Crippen molar-refractivity contribution in [3.63, 3.8) is 0 Å². The van der Waals surface area contributed by atoms with Crippen molar-refractivity contribution in [1.29, 1.82) is 5.41 Å². The van der Waals surface area contributed by atoms with Gasteiger partial charge in [-0.05, 0) is 25.7 Å². The SMILES string of the molecule is CCCCCCCC(N[C@@H](CCCCNC(=N)N)C(=O)O)C(=O)O. The Labute approximate surface area is 143 Å². The summed E-state index contributed by atoms with van der Waals surface area (Å²) in [7, 11) is 0. The highest BCUT2D eigenvalue weighted by atomic mass is 16.4. The van der Waals surface area contributed by atoms with Gasteiger partial charge in [0.25, 0.3) is 0 Å². The number of carboxylic acids is 2. The number of carboxylic acid groups (broad SMARTS) is 2. The van der Waals surface area contributed by atoms with Crippen LogP contribution < -0.4 is 16.4 Å². The molecular weight excluding hydrogens is 312 g/mol. The van der Waals surface area contributed by atoms with Gasteiger partial charge < -0.3 is 21.3 Å². The van der Waals surface area contributed by atoms with Gasteiger partial charge in [-0.25, -0.2) is 0 Å². The minimum Gasteiger partial charge on any atom is -0.480 e. The van der Waals surface area contributed by atoms with E-state index in [0.717, 1.165) is 32.1 Å². The van der Waals surface area contributed by atoms with E-state index in [2.05, 4.69) is 17.6 Å². The molecule has 8 heteroatoms. The maximum atomic E-state index is 11.3. The molecule has 0 aliphatic carbocycles. The normalized spacial score (nSPS) is 13.2. The minimum atomic E-state index is -1.04. The van der Waals surface area contributed by atoms with Crippen molar-refractivity contribution in [3.8, 4) is 0 Å². The smallest absolute Gasteiger partial charge is 0.320 e. The first-order valence-electron chi connectivity index (χ1n) is 8.68. The van der Waals surface area contributed by atoms with E-state index in [4.69, 9.17) is 11.1 Å². The summed E-state index contributed by atoms with van der Waals surface area (Å²) >= 11 is 0. The van der Waals surface area contributed by atoms with Crippen molar-refractivity contribution in [2.45, 2.75) is 76.8 Å². The van der Waals surface area contributed by atoms with Gasteiger partial charge in [0.15, 0.2) is 5.96 Å². The van der Waals surface area contributed by atoms with Crippen molar-refractivity contribution in [2.24, 2.45) is 5.73 Å². The second kappa shape index (κ2) is 13.6. The van der Waals surface area contributed by atoms with Crippen LogP contribution >= 0.6 is 0 Å². The number of rotatable bonds is 15. The first-order chi connectivity index (χ1) is 11.4. The molecular formula is C16H32N4O4. The van der Waals surface area contributed by atoms with E-state index in [9.17, 15) is 19.8 Å². The third kappa shape index (κ3) is 11.7. The average Bonchev–Trinajstić information content (AvgIpc) is 2.50. The standard InChI is InChI=1S/C16H32N4O4/c1-2-3-4-5-6-9-12(14(21)22)20-13(15(23)24)10-7-8-11-19-16(17)18/h12-13,20H,2-11H2,1H3,(H,21,22)(H,23,24)(H4,17,18,19)/t12?,13-/m0/s1. The Hall–Kier alpha value is -1.83. The van der Waals surface area contributed by atoms with Crippen molar-refractivity contribution in [2.75, 3.05) is 6.54 Å². The topological polar surface area (TPSA) is 149 Å². The number of carbonyl (C=O) groups is 2. The van der Waals surface area contributed by atoms with Crippen LogP contribution in [0.25, 0.3) is 0 Å². The molecule has 0 radical (unpaired) electrons. The Balaban J connectivity index is 4.23. The average molecular weight is 344 g/mol. The Morgan fingerprint density at radius 2 is 1.46 bits per heavy atom. The van der Waals surface area contributed by atoms with Crippen molar-refractivity contribution < 1.29 is 19.8 Å². The molecule has 2 atom stereocenters. The molecule has 8 nitrogen and oxygen atoms in total. The summed E-state index contributed by atoms with van der Waals surface area (Å²) in [6.45, 7) is 2.62. The van der Waals surface area contributed by atoms with Gasteiger partial charge in [0.2, 0.25) is 0 Å². The van der Waals surface area contributed by atoms with E-state index >= 15 is 0 Å². The molecule has 0 aromatic rings. The molecule has 0 bridgehead atoms. The van der Waals surface area contributed by atoms with Crippen LogP contribution in [0, 0.1) is 5.41 Å². The Morgan fingerprint density at radius 3 is 1.92 bits per heavy atom. The van der Waals surface area contributed by atoms with Crippen LogP contribution in [0.4, 0.5) is 0 Å². The number of hydrogen-bond donors (Lipinski definition) is 6. The number of unbranched alkanes of at least 4 members (excludes halogenated alkanes) is 5. The summed E-state index contributed by atoms with van der Waals surface area (Å²) in [6.07, 6.45) is 7.13. The second-order valence-corrected chi connectivity index (χ2v) is 5.99. The van der Waals surface area contributed by atoms with Gasteiger partial charge in [0, 0.05) is 6.54 Å². The Kier molecular flexibility index (Phi) is 12.6. The van der Waals surface area contributed by atoms with Crippen molar-refractivity contribution in [1.82, 2.24) is 10.6 Å². The number of aliphatic carboxylic acids is 2. The van der Waals surface area contributed by atoms with Gasteiger partial charge in [-0.2, -0.15) is 0 Å². The monoisotopic (exact) mass is 344 g/mol. The van der Waals surface area contributed by atoms with Crippen LogP contribution in [0.1, 0.15) is 64.7 Å². The Bertz CT molecular complexity index is 390. The summed E-state index contributed by atoms with van der Waals surface area (Å²) in [6, 6.07) is -1.71. The minimum absolute atomic E-state index is 0.114. The summed E-state index contributed by atoms with van der Waals surface area (Å²) in [4.78, 5) is 22.6. The zero-order valence-electron chi connectivity index (χ0n) is 14.5. The zero-order chi connectivity index (χ0) is 18.4. The molecule has 0 heterocycles. The summed E-state index contributed by atoms with van der Waals surface area (Å²) in [5.41, 5.74) is 5.16. The fraction of sp³-hybridized carbons (Fsp3) is 0.812. The van der Waals surface area contributed by atoms with Gasteiger partial charge in [-0.1, -0.05) is 39.0 Å². The van der Waals surface area contributed by atoms with Crippen LogP contribution in [-0.4, -0.2) is 46.7 Å². The molecule has 24 heavy (non-hydrogen) atoms. The van der Waals surface area contributed by atoms with Gasteiger partial charge >= 0.3 is 11.9 Å². The lowest BCUT2D eigenvalue weighted by Gasteiger charge is -2.20. The molecule has 1 unspecified atom stereocenters. The molecule has 0 aliphatic heterocycles. The predicted molar refractivity (Wildman–Crippen MR) is 93.1 cm³/mol. The zero-order valence-corrected chi connectivity index (χ0v) is 14.5. The van der Waals surface area contributed by atoms with Gasteiger partial charge in [0.05, 0.1) is 0 Å². The number of guanidine groups is 1. The largest absolute Gasteiger partial charge is 0.480 e. The molecule has 140 valence electrons. The van der Waals surface area contributed by atoms with Crippen LogP contribution in [0.2, 0.25) is 0 Å². The fourth-order valence-electron chi connectivity index (χ4n) is 2.45. The van der Waals surface area contributed by atoms with Crippen LogP contribution in [0.5, 0.6) is 0 Å². The summed E-state index contributed by atoms with van der Waals surface area (Å²) in [5.74, 6) is -2.15. The molecule has 0 saturated carbocycles. The maximum Gasteiger partial charge on any atom is 0.320 e. The van der Waals surface area contributed by atoms with E-state index in [0.29, 0.717) is 32.2 Å². The number of nitrogens with one attached hydrogen (secondary N) is 3. The number of nitrogens with two attached hydrogens (primary N) is 1. The molecule has 0 amide bonds. The second-order valence-electron chi connectivity index (χ2n) is 5.99. The molecule has 0 rings (SSSR count). The molecule has 7 N–H and O–H groups in total. The number of hydrogen-bond acceptors (Lipinski definition) is 4. The molecule has 0 spiro atoms.